The van der Waals surface area contributed by atoms with Crippen molar-refractivity contribution in [2.24, 2.45) is 23.2 Å². The number of fused-ring (bicyclic) bond motifs is 2. The van der Waals surface area contributed by atoms with Gasteiger partial charge in [0.05, 0.1) is 37.2 Å². The molecule has 2 fully saturated rings. The zero-order valence-electron chi connectivity index (χ0n) is 28.2. The molecule has 246 valence electrons. The molecule has 1 aromatic rings. The smallest absolute Gasteiger partial charge is 0.249 e. The summed E-state index contributed by atoms with van der Waals surface area (Å²) >= 11 is 0. The first-order valence-electron chi connectivity index (χ1n) is 16.5. The lowest BCUT2D eigenvalue weighted by Gasteiger charge is -2.45. The SMILES string of the molecule is CCOc1ccc(N2CC=C[C@H]3O[C@]45C=CCN(C(C)(C)CC(C)(C)C)C(=O)C4N([C@@H](CO)CC(C)C)C(=O)[C@@H]5[C@H]3C2=O)cc1. The second-order valence-corrected chi connectivity index (χ2v) is 15.3. The molecule has 3 amide bonds. The molecule has 45 heavy (non-hydrogen) atoms. The molecule has 6 atom stereocenters. The first kappa shape index (κ1) is 33.2. The first-order valence-corrected chi connectivity index (χ1v) is 16.5. The van der Waals surface area contributed by atoms with Crippen molar-refractivity contribution in [2.75, 3.05) is 31.2 Å². The number of carbonyl (C=O) groups excluding carboxylic acids is 3. The topological polar surface area (TPSA) is 99.6 Å². The van der Waals surface area contributed by atoms with Crippen molar-refractivity contribution in [3.8, 4) is 5.75 Å². The average molecular weight is 622 g/mol. The number of benzene rings is 1. The largest absolute Gasteiger partial charge is 0.494 e. The van der Waals surface area contributed by atoms with Gasteiger partial charge in [0.15, 0.2) is 0 Å². The average Bonchev–Trinajstić information content (AvgIpc) is 3.26. The predicted molar refractivity (Wildman–Crippen MR) is 174 cm³/mol. The molecule has 2 saturated heterocycles. The number of hydrogen-bond donors (Lipinski definition) is 1. The van der Waals surface area contributed by atoms with Gasteiger partial charge < -0.3 is 29.3 Å². The number of hydrogen-bond acceptors (Lipinski definition) is 6. The summed E-state index contributed by atoms with van der Waals surface area (Å²) in [6, 6.07) is 5.78. The summed E-state index contributed by atoms with van der Waals surface area (Å²) in [7, 11) is 0. The highest BCUT2D eigenvalue weighted by Crippen LogP contribution is 2.55. The highest BCUT2D eigenvalue weighted by molar-refractivity contribution is 6.04. The standard InChI is InChI=1S/C36H51N3O6/c1-9-44-26-15-13-24(14-16-26)37-18-10-12-27-28(31(37)41)29-32(42)39(25(21-40)20-23(2)3)30-33(43)38(19-11-17-36(29,30)45-27)35(7,8)22-34(4,5)6/h10-17,23,25,27-30,40H,9,18-22H2,1-8H3/t25-,27-,28+,29+,30?,36+/m1/s1. The Morgan fingerprint density at radius 1 is 1.00 bits per heavy atom. The van der Waals surface area contributed by atoms with Crippen LogP contribution in [0.1, 0.15) is 68.2 Å². The van der Waals surface area contributed by atoms with Crippen LogP contribution in [0, 0.1) is 23.2 Å². The van der Waals surface area contributed by atoms with Crippen molar-refractivity contribution in [3.05, 3.63) is 48.6 Å². The first-order chi connectivity index (χ1) is 21.1. The fraction of sp³-hybridized carbons (Fsp3) is 0.639. The van der Waals surface area contributed by atoms with E-state index in [-0.39, 0.29) is 35.7 Å². The summed E-state index contributed by atoms with van der Waals surface area (Å²) in [5, 5.41) is 10.6. The summed E-state index contributed by atoms with van der Waals surface area (Å²) in [6.07, 6.45) is 8.19. The van der Waals surface area contributed by atoms with Gasteiger partial charge in [-0.25, -0.2) is 0 Å². The fourth-order valence-corrected chi connectivity index (χ4v) is 8.35. The van der Waals surface area contributed by atoms with Crippen LogP contribution in [0.4, 0.5) is 5.69 Å². The maximum atomic E-state index is 14.9. The van der Waals surface area contributed by atoms with Gasteiger partial charge in [0, 0.05) is 24.3 Å². The van der Waals surface area contributed by atoms with Crippen LogP contribution in [-0.2, 0) is 19.1 Å². The molecule has 1 spiro atoms. The molecule has 4 heterocycles. The van der Waals surface area contributed by atoms with Crippen molar-refractivity contribution in [1.82, 2.24) is 9.80 Å². The summed E-state index contributed by atoms with van der Waals surface area (Å²) in [6.45, 7) is 17.5. The highest BCUT2D eigenvalue weighted by Gasteiger charge is 2.73. The third-order valence-corrected chi connectivity index (χ3v) is 9.60. The second kappa shape index (κ2) is 12.2. The molecule has 4 aliphatic rings. The lowest BCUT2D eigenvalue weighted by atomic mass is 9.77. The Morgan fingerprint density at radius 2 is 1.69 bits per heavy atom. The van der Waals surface area contributed by atoms with Crippen LogP contribution >= 0.6 is 0 Å². The summed E-state index contributed by atoms with van der Waals surface area (Å²) in [5.41, 5.74) is -1.21. The molecule has 1 unspecified atom stereocenters. The molecule has 9 heteroatoms. The Morgan fingerprint density at radius 3 is 2.29 bits per heavy atom. The van der Waals surface area contributed by atoms with Gasteiger partial charge in [-0.05, 0) is 69.2 Å². The zero-order chi connectivity index (χ0) is 32.9. The molecule has 0 aromatic heterocycles. The van der Waals surface area contributed by atoms with E-state index in [0.717, 1.165) is 6.42 Å². The van der Waals surface area contributed by atoms with Crippen molar-refractivity contribution < 1.29 is 29.0 Å². The number of amides is 3. The monoisotopic (exact) mass is 621 g/mol. The van der Waals surface area contributed by atoms with Crippen LogP contribution in [0.2, 0.25) is 0 Å². The minimum Gasteiger partial charge on any atom is -0.494 e. The van der Waals surface area contributed by atoms with Crippen LogP contribution in [0.3, 0.4) is 0 Å². The van der Waals surface area contributed by atoms with Gasteiger partial charge in [0.25, 0.3) is 0 Å². The highest BCUT2D eigenvalue weighted by atomic mass is 16.5. The lowest BCUT2D eigenvalue weighted by molar-refractivity contribution is -0.154. The van der Waals surface area contributed by atoms with Gasteiger partial charge in [-0.2, -0.15) is 0 Å². The van der Waals surface area contributed by atoms with Gasteiger partial charge in [0.2, 0.25) is 17.7 Å². The Bertz CT molecular complexity index is 1350. The van der Waals surface area contributed by atoms with Crippen molar-refractivity contribution >= 4 is 23.4 Å². The maximum Gasteiger partial charge on any atom is 0.249 e. The zero-order valence-corrected chi connectivity index (χ0v) is 28.2. The van der Waals surface area contributed by atoms with E-state index in [9.17, 15) is 19.5 Å². The van der Waals surface area contributed by atoms with Crippen LogP contribution < -0.4 is 9.64 Å². The molecule has 1 N–H and O–H groups in total. The molecule has 5 rings (SSSR count). The fourth-order valence-electron chi connectivity index (χ4n) is 8.35. The minimum atomic E-state index is -1.34. The number of carbonyl (C=O) groups is 3. The van der Waals surface area contributed by atoms with Crippen LogP contribution in [0.5, 0.6) is 5.75 Å². The molecule has 0 bridgehead atoms. The number of nitrogens with zero attached hydrogens (tertiary/aromatic N) is 3. The van der Waals surface area contributed by atoms with Crippen LogP contribution in [-0.4, -0.2) is 88.3 Å². The van der Waals surface area contributed by atoms with Crippen molar-refractivity contribution in [1.29, 1.82) is 0 Å². The second-order valence-electron chi connectivity index (χ2n) is 15.3. The molecular formula is C36H51N3O6. The van der Waals surface area contributed by atoms with E-state index in [1.54, 1.807) is 9.80 Å². The molecule has 0 saturated carbocycles. The number of likely N-dealkylation sites (tertiary alicyclic amines) is 1. The minimum absolute atomic E-state index is 0.0466. The molecular weight excluding hydrogens is 570 g/mol. The van der Waals surface area contributed by atoms with Crippen LogP contribution in [0.25, 0.3) is 0 Å². The normalized spacial score (nSPS) is 29.1. The maximum absolute atomic E-state index is 14.9. The third-order valence-electron chi connectivity index (χ3n) is 9.60. The molecule has 0 aliphatic carbocycles. The van der Waals surface area contributed by atoms with Gasteiger partial charge in [-0.15, -0.1) is 0 Å². The molecule has 9 nitrogen and oxygen atoms in total. The van der Waals surface area contributed by atoms with Gasteiger partial charge in [-0.3, -0.25) is 14.4 Å². The van der Waals surface area contributed by atoms with Gasteiger partial charge in [-0.1, -0.05) is 58.9 Å². The van der Waals surface area contributed by atoms with Gasteiger partial charge in [0.1, 0.15) is 17.4 Å². The Balaban J connectivity index is 1.59. The van der Waals surface area contributed by atoms with Gasteiger partial charge >= 0.3 is 0 Å². The van der Waals surface area contributed by atoms with E-state index >= 15 is 0 Å². The third kappa shape index (κ3) is 5.94. The number of anilines is 1. The summed E-state index contributed by atoms with van der Waals surface area (Å²) < 4.78 is 12.4. The number of aliphatic hydroxyl groups excluding tert-OH is 1. The lowest BCUT2D eigenvalue weighted by Crippen LogP contribution is -2.61. The van der Waals surface area contributed by atoms with Crippen molar-refractivity contribution in [3.63, 3.8) is 0 Å². The number of rotatable bonds is 9. The Labute approximate surface area is 268 Å². The van der Waals surface area contributed by atoms with E-state index in [2.05, 4.69) is 34.6 Å². The van der Waals surface area contributed by atoms with Crippen molar-refractivity contribution in [2.45, 2.75) is 97.6 Å². The summed E-state index contributed by atoms with van der Waals surface area (Å²) in [5.74, 6) is -1.60. The van der Waals surface area contributed by atoms with E-state index < -0.39 is 41.2 Å². The Kier molecular flexibility index (Phi) is 9.01. The van der Waals surface area contributed by atoms with E-state index in [0.29, 0.717) is 37.6 Å². The summed E-state index contributed by atoms with van der Waals surface area (Å²) in [4.78, 5) is 49.3. The van der Waals surface area contributed by atoms with E-state index in [4.69, 9.17) is 9.47 Å². The predicted octanol–water partition coefficient (Wildman–Crippen LogP) is 4.59. The number of ether oxygens (including phenoxy) is 2. The molecule has 4 aliphatic heterocycles. The van der Waals surface area contributed by atoms with E-state index in [1.165, 1.54) is 0 Å². The molecule has 0 radical (unpaired) electrons. The van der Waals surface area contributed by atoms with E-state index in [1.807, 2.05) is 74.2 Å². The molecule has 1 aromatic carbocycles. The quantitative estimate of drug-likeness (QED) is 0.405. The van der Waals surface area contributed by atoms with Crippen LogP contribution in [0.15, 0.2) is 48.6 Å². The Hall–Kier alpha value is -3.17. The number of aliphatic hydroxyl groups is 1.